The minimum absolute atomic E-state index is 0.0569. The molecular formula is C21H29F3. The van der Waals surface area contributed by atoms with Gasteiger partial charge >= 0.3 is 0 Å². The molecule has 0 saturated heterocycles. The molecule has 0 nitrogen and oxygen atoms in total. The van der Waals surface area contributed by atoms with E-state index in [1.807, 2.05) is 0 Å². The van der Waals surface area contributed by atoms with Crippen molar-refractivity contribution in [2.75, 3.05) is 0 Å². The molecular weight excluding hydrogens is 309 g/mol. The fraction of sp³-hybridized carbons (Fsp3) is 0.714. The van der Waals surface area contributed by atoms with Crippen LogP contribution in [-0.4, -0.2) is 0 Å². The van der Waals surface area contributed by atoms with E-state index in [-0.39, 0.29) is 11.5 Å². The van der Waals surface area contributed by atoms with Gasteiger partial charge in [-0.1, -0.05) is 32.6 Å². The van der Waals surface area contributed by atoms with Crippen LogP contribution in [0.4, 0.5) is 13.2 Å². The van der Waals surface area contributed by atoms with E-state index in [1.165, 1.54) is 25.7 Å². The average molecular weight is 341 g/mol. The van der Waals surface area contributed by atoms with E-state index < -0.39 is 36.1 Å². The van der Waals surface area contributed by atoms with Crippen molar-refractivity contribution >= 4 is 0 Å². The van der Waals surface area contributed by atoms with Crippen LogP contribution in [0.15, 0.2) is 12.1 Å². The molecule has 0 spiro atoms. The Bertz CT molecular complexity index is 633. The molecule has 0 radical (unpaired) electrons. The van der Waals surface area contributed by atoms with Gasteiger partial charge in [0.05, 0.1) is 0 Å². The molecule has 0 heterocycles. The van der Waals surface area contributed by atoms with Crippen molar-refractivity contribution in [2.45, 2.75) is 77.0 Å². The van der Waals surface area contributed by atoms with Gasteiger partial charge in [-0.05, 0) is 79.8 Å². The molecule has 2 fully saturated rings. The minimum Gasteiger partial charge on any atom is -0.204 e. The SMILES string of the molecule is [2H][C@@H]1C[C@@H](C2CCC(CCC)CC2)CC([2H])([2H])C1c1cc(F)c(F)c(F)c1. The highest BCUT2D eigenvalue weighted by Crippen LogP contribution is 2.44. The van der Waals surface area contributed by atoms with E-state index >= 15 is 0 Å². The summed E-state index contributed by atoms with van der Waals surface area (Å²) >= 11 is 0. The number of rotatable bonds is 4. The summed E-state index contributed by atoms with van der Waals surface area (Å²) in [5.41, 5.74) is 0.0569. The van der Waals surface area contributed by atoms with Crippen LogP contribution in [0.3, 0.4) is 0 Å². The maximum absolute atomic E-state index is 13.6. The first-order chi connectivity index (χ1) is 12.7. The molecule has 1 unspecified atom stereocenters. The number of halogens is 3. The van der Waals surface area contributed by atoms with Gasteiger partial charge in [0.15, 0.2) is 17.5 Å². The first kappa shape index (κ1) is 14.2. The zero-order valence-electron chi connectivity index (χ0n) is 17.3. The van der Waals surface area contributed by atoms with Crippen LogP contribution in [0, 0.1) is 35.2 Å². The first-order valence-corrected chi connectivity index (χ1v) is 9.29. The third-order valence-corrected chi connectivity index (χ3v) is 5.89. The highest BCUT2D eigenvalue weighted by molar-refractivity contribution is 5.23. The van der Waals surface area contributed by atoms with Gasteiger partial charge < -0.3 is 0 Å². The molecule has 2 aliphatic carbocycles. The maximum atomic E-state index is 13.6. The Balaban J connectivity index is 1.74. The van der Waals surface area contributed by atoms with Crippen LogP contribution < -0.4 is 0 Å². The third kappa shape index (κ3) is 3.97. The highest BCUT2D eigenvalue weighted by Gasteiger charge is 2.31. The smallest absolute Gasteiger partial charge is 0.194 e. The lowest BCUT2D eigenvalue weighted by atomic mass is 9.68. The van der Waals surface area contributed by atoms with Crippen LogP contribution >= 0.6 is 0 Å². The molecule has 0 aromatic heterocycles. The van der Waals surface area contributed by atoms with Crippen molar-refractivity contribution in [1.82, 2.24) is 0 Å². The molecule has 24 heavy (non-hydrogen) atoms. The Hall–Kier alpha value is -0.990. The van der Waals surface area contributed by atoms with Gasteiger partial charge in [-0.3, -0.25) is 0 Å². The van der Waals surface area contributed by atoms with E-state index in [4.69, 9.17) is 4.11 Å². The summed E-state index contributed by atoms with van der Waals surface area (Å²) in [6, 6.07) is 1.72. The van der Waals surface area contributed by atoms with Crippen LogP contribution in [0.25, 0.3) is 0 Å². The molecule has 0 bridgehead atoms. The first-order valence-electron chi connectivity index (χ1n) is 10.9. The summed E-state index contributed by atoms with van der Waals surface area (Å²) in [6.07, 6.45) is 5.31. The fourth-order valence-electron chi connectivity index (χ4n) is 4.48. The minimum atomic E-state index is -1.73. The van der Waals surface area contributed by atoms with Crippen LogP contribution in [0.5, 0.6) is 0 Å². The molecule has 3 rings (SSSR count). The molecule has 2 saturated carbocycles. The predicted octanol–water partition coefficient (Wildman–Crippen LogP) is 6.98. The number of hydrogen-bond donors (Lipinski definition) is 0. The second-order valence-corrected chi connectivity index (χ2v) is 7.49. The lowest BCUT2D eigenvalue weighted by molar-refractivity contribution is 0.156. The van der Waals surface area contributed by atoms with Gasteiger partial charge in [0.2, 0.25) is 0 Å². The molecule has 0 amide bonds. The van der Waals surface area contributed by atoms with Gasteiger partial charge in [0, 0.05) is 4.11 Å². The van der Waals surface area contributed by atoms with Crippen LogP contribution in [-0.2, 0) is 0 Å². The average Bonchev–Trinajstić information content (AvgIpc) is 2.59. The van der Waals surface area contributed by atoms with Crippen molar-refractivity contribution in [3.05, 3.63) is 35.1 Å². The predicted molar refractivity (Wildman–Crippen MR) is 91.4 cm³/mol. The van der Waals surface area contributed by atoms with Gasteiger partial charge in [-0.15, -0.1) is 0 Å². The van der Waals surface area contributed by atoms with Gasteiger partial charge in [-0.25, -0.2) is 13.2 Å². The van der Waals surface area contributed by atoms with Crippen LogP contribution in [0.1, 0.15) is 86.7 Å². The van der Waals surface area contributed by atoms with Crippen molar-refractivity contribution < 1.29 is 17.3 Å². The lowest BCUT2D eigenvalue weighted by Gasteiger charge is -2.38. The third-order valence-electron chi connectivity index (χ3n) is 5.89. The van der Waals surface area contributed by atoms with E-state index in [1.54, 1.807) is 0 Å². The van der Waals surface area contributed by atoms with E-state index in [0.29, 0.717) is 18.8 Å². The summed E-state index contributed by atoms with van der Waals surface area (Å²) in [6.45, 7) is 2.20. The summed E-state index contributed by atoms with van der Waals surface area (Å²) in [5, 5.41) is 0. The normalized spacial score (nSPS) is 38.2. The van der Waals surface area contributed by atoms with Gasteiger partial charge in [-0.2, -0.15) is 0 Å². The standard InChI is InChI=1S/C21H29F3/c1-2-3-14-4-6-15(7-5-14)16-8-10-17(11-9-16)18-12-19(22)21(24)20(23)13-18/h12-17H,2-11H2,1H3/t14?,15?,16-,17?/i10D,11D2/t10-,14?,15?,16-,17?/m1/s1. The molecule has 1 aromatic rings. The van der Waals surface area contributed by atoms with E-state index in [0.717, 1.165) is 30.9 Å². The highest BCUT2D eigenvalue weighted by atomic mass is 19.2. The van der Waals surface area contributed by atoms with Crippen molar-refractivity contribution in [1.29, 1.82) is 0 Å². The van der Waals surface area contributed by atoms with Crippen molar-refractivity contribution in [2.24, 2.45) is 17.8 Å². The summed E-state index contributed by atoms with van der Waals surface area (Å²) in [4.78, 5) is 0. The Morgan fingerprint density at radius 3 is 2.17 bits per heavy atom. The Kier molecular flexibility index (Phi) is 4.69. The number of hydrogen-bond acceptors (Lipinski definition) is 0. The summed E-state index contributed by atoms with van der Waals surface area (Å²) < 4.78 is 66.1. The van der Waals surface area contributed by atoms with Gasteiger partial charge in [0.1, 0.15) is 0 Å². The Morgan fingerprint density at radius 1 is 0.958 bits per heavy atom. The molecule has 0 N–H and O–H groups in total. The molecule has 3 heteroatoms. The quantitative estimate of drug-likeness (QED) is 0.518. The topological polar surface area (TPSA) is 0 Å². The maximum Gasteiger partial charge on any atom is 0.194 e. The van der Waals surface area contributed by atoms with Crippen molar-refractivity contribution in [3.8, 4) is 0 Å². The van der Waals surface area contributed by atoms with E-state index in [9.17, 15) is 13.2 Å². The van der Waals surface area contributed by atoms with Crippen LogP contribution in [0.2, 0.25) is 0 Å². The molecule has 2 aliphatic rings. The molecule has 0 aliphatic heterocycles. The second kappa shape index (κ2) is 7.93. The zero-order valence-corrected chi connectivity index (χ0v) is 14.3. The number of benzene rings is 1. The fourth-order valence-corrected chi connectivity index (χ4v) is 4.48. The van der Waals surface area contributed by atoms with Crippen molar-refractivity contribution in [3.63, 3.8) is 0 Å². The second-order valence-electron chi connectivity index (χ2n) is 7.49. The molecule has 1 aromatic carbocycles. The summed E-state index contributed by atoms with van der Waals surface area (Å²) in [7, 11) is 0. The Morgan fingerprint density at radius 2 is 1.58 bits per heavy atom. The largest absolute Gasteiger partial charge is 0.204 e. The monoisotopic (exact) mass is 341 g/mol. The van der Waals surface area contributed by atoms with Gasteiger partial charge in [0.25, 0.3) is 0 Å². The molecule has 134 valence electrons. The molecule has 3 atom stereocenters. The zero-order chi connectivity index (χ0) is 19.8. The van der Waals surface area contributed by atoms with E-state index in [2.05, 4.69) is 6.92 Å². The Labute approximate surface area is 148 Å². The summed E-state index contributed by atoms with van der Waals surface area (Å²) in [5.74, 6) is -3.77. The lowest BCUT2D eigenvalue weighted by Crippen LogP contribution is -2.25.